The predicted octanol–water partition coefficient (Wildman–Crippen LogP) is 6.18. The van der Waals surface area contributed by atoms with Gasteiger partial charge in [-0.2, -0.15) is 0 Å². The smallest absolute Gasteiger partial charge is 0.410 e. The number of fused-ring (bicyclic) bond motifs is 4. The zero-order valence-corrected chi connectivity index (χ0v) is 42.2. The summed E-state index contributed by atoms with van der Waals surface area (Å²) in [6.45, 7) is 17.9. The van der Waals surface area contributed by atoms with Gasteiger partial charge in [-0.15, -0.1) is 0 Å². The zero-order valence-electron chi connectivity index (χ0n) is 42.2. The third-order valence-electron chi connectivity index (χ3n) is 13.6. The Morgan fingerprint density at radius 3 is 1.62 bits per heavy atom. The number of halogens is 2. The van der Waals surface area contributed by atoms with E-state index in [1.165, 1.54) is 24.5 Å². The number of aromatic nitrogens is 6. The summed E-state index contributed by atoms with van der Waals surface area (Å²) < 4.78 is 59.2. The first-order valence-electron chi connectivity index (χ1n) is 25.1. The van der Waals surface area contributed by atoms with Gasteiger partial charge in [0.2, 0.25) is 0 Å². The summed E-state index contributed by atoms with van der Waals surface area (Å²) in [7, 11) is 0. The number of pyridine rings is 6. The standard InChI is InChI=1S/C29H36FN5O5.C24H28FN5O3/c1-19-13-26(36)34(23-14-20(30)16-32-27(19)23)10-9-33-7-5-22(6-8-33)35(28(37)40-29(2,3)4)18-21-15-24-25(17-31-21)39-12-11-38-24;1-16-10-23(31)30(20-11-17(25)13-28-24(16)20)7-6-29-4-2-18(3-5-29)26-14-19-12-21-22(15-27-19)33-9-8-32-21/h13-17,22H,5-12,18H2,1-4H3;10-13,15,18,26H,2-9,14H2,1H3. The minimum atomic E-state index is -0.630. The van der Waals surface area contributed by atoms with E-state index >= 15 is 0 Å². The first kappa shape index (κ1) is 51.1. The molecule has 2 saturated heterocycles. The minimum absolute atomic E-state index is 0.0395. The number of piperidine rings is 2. The van der Waals surface area contributed by atoms with E-state index in [0.29, 0.717) is 110 Å². The maximum atomic E-state index is 14.0. The fourth-order valence-electron chi connectivity index (χ4n) is 9.78. The first-order valence-corrected chi connectivity index (χ1v) is 25.1. The molecule has 4 aliphatic rings. The molecule has 0 unspecified atom stereocenters. The maximum absolute atomic E-state index is 14.0. The Kier molecular flexibility index (Phi) is 15.8. The van der Waals surface area contributed by atoms with Crippen LogP contribution < -0.4 is 35.4 Å². The van der Waals surface area contributed by atoms with Crippen molar-refractivity contribution in [2.75, 3.05) is 65.7 Å². The second-order valence-corrected chi connectivity index (χ2v) is 20.0. The quantitative estimate of drug-likeness (QED) is 0.147. The van der Waals surface area contributed by atoms with Crippen LogP contribution in [0, 0.1) is 25.5 Å². The molecule has 0 spiro atoms. The van der Waals surface area contributed by atoms with Crippen LogP contribution in [-0.2, 0) is 30.9 Å². The van der Waals surface area contributed by atoms with Gasteiger partial charge in [-0.1, -0.05) is 0 Å². The molecule has 1 amide bonds. The average molecular weight is 1010 g/mol. The van der Waals surface area contributed by atoms with Gasteiger partial charge in [0.1, 0.15) is 43.7 Å². The fourth-order valence-corrected chi connectivity index (χ4v) is 9.78. The number of hydrogen-bond donors (Lipinski definition) is 1. The molecule has 10 heterocycles. The number of rotatable bonds is 12. The van der Waals surface area contributed by atoms with E-state index < -0.39 is 17.2 Å². The summed E-state index contributed by atoms with van der Waals surface area (Å²) in [5, 5.41) is 3.59. The Balaban J connectivity index is 0.000000183. The van der Waals surface area contributed by atoms with Crippen molar-refractivity contribution in [2.45, 2.75) is 104 Å². The molecule has 0 saturated carbocycles. The number of aryl methyl sites for hydroxylation is 2. The van der Waals surface area contributed by atoms with Crippen molar-refractivity contribution in [2.24, 2.45) is 0 Å². The number of carbonyl (C=O) groups excluding carboxylic acids is 1. The zero-order chi connectivity index (χ0) is 51.2. The summed E-state index contributed by atoms with van der Waals surface area (Å²) in [4.78, 5) is 62.3. The Hall–Kier alpha value is -6.77. The van der Waals surface area contributed by atoms with Crippen LogP contribution in [0.15, 0.2) is 70.8 Å². The summed E-state index contributed by atoms with van der Waals surface area (Å²) in [5.74, 6) is 1.80. The van der Waals surface area contributed by atoms with Crippen molar-refractivity contribution in [1.29, 1.82) is 0 Å². The monoisotopic (exact) mass is 1010 g/mol. The third kappa shape index (κ3) is 12.7. The number of ether oxygens (including phenoxy) is 5. The van der Waals surface area contributed by atoms with Crippen LogP contribution in [0.2, 0.25) is 0 Å². The summed E-state index contributed by atoms with van der Waals surface area (Å²) >= 11 is 0. The minimum Gasteiger partial charge on any atom is -0.486 e. The molecule has 0 aliphatic carbocycles. The van der Waals surface area contributed by atoms with Gasteiger partial charge in [-0.25, -0.2) is 13.6 Å². The van der Waals surface area contributed by atoms with E-state index in [1.807, 2.05) is 39.8 Å². The van der Waals surface area contributed by atoms with E-state index in [9.17, 15) is 23.2 Å². The highest BCUT2D eigenvalue weighted by atomic mass is 19.1. The molecule has 73 heavy (non-hydrogen) atoms. The molecule has 6 aromatic heterocycles. The van der Waals surface area contributed by atoms with Crippen LogP contribution in [0.25, 0.3) is 22.1 Å². The molecule has 0 bridgehead atoms. The van der Waals surface area contributed by atoms with Crippen LogP contribution in [0.3, 0.4) is 0 Å². The highest BCUT2D eigenvalue weighted by Gasteiger charge is 2.32. The van der Waals surface area contributed by atoms with E-state index in [-0.39, 0.29) is 23.3 Å². The lowest BCUT2D eigenvalue weighted by Crippen LogP contribution is -2.49. The molecule has 0 radical (unpaired) electrons. The summed E-state index contributed by atoms with van der Waals surface area (Å²) in [6, 6.07) is 10.0. The van der Waals surface area contributed by atoms with Gasteiger partial charge in [0.25, 0.3) is 11.1 Å². The SMILES string of the molecule is Cc1cc(=O)n(CCN2CCC(N(Cc3cc4c(cn3)OCCO4)C(=O)OC(C)(C)C)CC2)c2cc(F)cnc12.Cc1cc(=O)n(CCN2CCC(NCc3cc4c(cn3)OCCO4)CC2)c2cc(F)cnc12. The molecule has 0 atom stereocenters. The predicted molar refractivity (Wildman–Crippen MR) is 269 cm³/mol. The topological polar surface area (TPSA) is 181 Å². The highest BCUT2D eigenvalue weighted by molar-refractivity contribution is 5.78. The Morgan fingerprint density at radius 2 is 1.11 bits per heavy atom. The first-order chi connectivity index (χ1) is 35.1. The number of hydrogen-bond acceptors (Lipinski definition) is 15. The number of nitrogens with one attached hydrogen (secondary N) is 1. The lowest BCUT2D eigenvalue weighted by atomic mass is 10.0. The van der Waals surface area contributed by atoms with Crippen LogP contribution in [-0.4, -0.2) is 133 Å². The fraction of sp³-hybridized carbons (Fsp3) is 0.491. The second-order valence-electron chi connectivity index (χ2n) is 20.0. The van der Waals surface area contributed by atoms with Crippen LogP contribution in [0.4, 0.5) is 13.6 Å². The molecular formula is C53H64F2N10O8. The molecule has 4 aliphatic heterocycles. The lowest BCUT2D eigenvalue weighted by molar-refractivity contribution is 0.00528. The van der Waals surface area contributed by atoms with Crippen LogP contribution in [0.1, 0.15) is 69.0 Å². The van der Waals surface area contributed by atoms with Gasteiger partial charge in [0.15, 0.2) is 23.0 Å². The maximum Gasteiger partial charge on any atom is 0.410 e. The number of amides is 1. The lowest BCUT2D eigenvalue weighted by Gasteiger charge is -2.39. The van der Waals surface area contributed by atoms with E-state index in [0.717, 1.165) is 81.0 Å². The van der Waals surface area contributed by atoms with E-state index in [4.69, 9.17) is 23.7 Å². The van der Waals surface area contributed by atoms with Gasteiger partial charge in [-0.05, 0) is 84.5 Å². The molecule has 2 fully saturated rings. The molecule has 388 valence electrons. The molecule has 6 aromatic rings. The van der Waals surface area contributed by atoms with Crippen molar-refractivity contribution in [3.8, 4) is 23.0 Å². The van der Waals surface area contributed by atoms with Crippen molar-refractivity contribution in [3.63, 3.8) is 0 Å². The van der Waals surface area contributed by atoms with Crippen LogP contribution >= 0.6 is 0 Å². The van der Waals surface area contributed by atoms with Crippen molar-refractivity contribution < 1.29 is 37.3 Å². The number of likely N-dealkylation sites (tertiary alicyclic amines) is 2. The molecule has 10 rings (SSSR count). The van der Waals surface area contributed by atoms with Gasteiger partial charge in [-0.3, -0.25) is 34.4 Å². The van der Waals surface area contributed by atoms with E-state index in [1.54, 1.807) is 45.5 Å². The highest BCUT2D eigenvalue weighted by Crippen LogP contribution is 2.32. The van der Waals surface area contributed by atoms with Crippen LogP contribution in [0.5, 0.6) is 23.0 Å². The number of nitrogens with zero attached hydrogens (tertiary/aromatic N) is 9. The Labute approximate surface area is 422 Å². The molecule has 20 heteroatoms. The normalized spacial score (nSPS) is 16.5. The average Bonchev–Trinajstić information content (AvgIpc) is 3.37. The summed E-state index contributed by atoms with van der Waals surface area (Å²) in [5.41, 5.74) is 4.58. The van der Waals surface area contributed by atoms with Crippen molar-refractivity contribution in [3.05, 3.63) is 116 Å². The largest absolute Gasteiger partial charge is 0.486 e. The molecule has 0 aromatic carbocycles. The van der Waals surface area contributed by atoms with Gasteiger partial charge in [0, 0.05) is 94.3 Å². The number of carbonyl (C=O) groups is 1. The van der Waals surface area contributed by atoms with Gasteiger partial charge >= 0.3 is 6.09 Å². The third-order valence-corrected chi connectivity index (χ3v) is 13.6. The second kappa shape index (κ2) is 22.6. The van der Waals surface area contributed by atoms with Gasteiger partial charge in [0.05, 0.1) is 64.8 Å². The summed E-state index contributed by atoms with van der Waals surface area (Å²) in [6.07, 6.45) is 8.87. The Bertz CT molecular complexity index is 3060. The molecule has 18 nitrogen and oxygen atoms in total. The van der Waals surface area contributed by atoms with Crippen molar-refractivity contribution >= 4 is 28.2 Å². The Morgan fingerprint density at radius 1 is 0.644 bits per heavy atom. The van der Waals surface area contributed by atoms with Crippen molar-refractivity contribution in [1.82, 2.24) is 49.1 Å². The molecular weight excluding hydrogens is 943 g/mol. The molecule has 1 N–H and O–H groups in total. The van der Waals surface area contributed by atoms with E-state index in [2.05, 4.69) is 35.1 Å². The van der Waals surface area contributed by atoms with Gasteiger partial charge < -0.3 is 47.9 Å².